The van der Waals surface area contributed by atoms with Gasteiger partial charge in [-0.25, -0.2) is 0 Å². The van der Waals surface area contributed by atoms with Crippen LogP contribution in [0.4, 0.5) is 18.3 Å². The highest BCUT2D eigenvalue weighted by Gasteiger charge is 2.39. The second-order valence-electron chi connectivity index (χ2n) is 6.41. The average molecular weight is 372 g/mol. The van der Waals surface area contributed by atoms with Crippen molar-refractivity contribution in [3.8, 4) is 0 Å². The molecule has 1 aromatic heterocycles. The molecule has 9 heteroatoms. The van der Waals surface area contributed by atoms with Crippen LogP contribution in [-0.4, -0.2) is 52.5 Å². The van der Waals surface area contributed by atoms with E-state index in [0.29, 0.717) is 24.3 Å². The van der Waals surface area contributed by atoms with E-state index >= 15 is 0 Å². The molecule has 1 N–H and O–H groups in total. The van der Waals surface area contributed by atoms with Gasteiger partial charge in [0.15, 0.2) is 0 Å². The van der Waals surface area contributed by atoms with E-state index in [-0.39, 0.29) is 11.7 Å². The van der Waals surface area contributed by atoms with E-state index in [9.17, 15) is 18.3 Å². The van der Waals surface area contributed by atoms with Gasteiger partial charge in [-0.1, -0.05) is 41.7 Å². The topological polar surface area (TPSA) is 52.5 Å². The fraction of sp³-hybridized carbons (Fsp3) is 0.500. The summed E-state index contributed by atoms with van der Waals surface area (Å²) in [6.45, 7) is 2.16. The lowest BCUT2D eigenvalue weighted by atomic mass is 10.0. The van der Waals surface area contributed by atoms with E-state index < -0.39 is 16.8 Å². The van der Waals surface area contributed by atoms with Gasteiger partial charge in [0, 0.05) is 33.2 Å². The summed E-state index contributed by atoms with van der Waals surface area (Å²) in [5.74, 6) is 0. The first kappa shape index (κ1) is 18.1. The van der Waals surface area contributed by atoms with Crippen LogP contribution >= 0.6 is 11.3 Å². The molecule has 0 radical (unpaired) electrons. The second kappa shape index (κ2) is 6.89. The third-order valence-corrected chi connectivity index (χ3v) is 5.26. The van der Waals surface area contributed by atoms with Gasteiger partial charge in [0.25, 0.3) is 0 Å². The Balaban J connectivity index is 1.59. The Bertz CT molecular complexity index is 709. The number of hydrogen-bond donors (Lipinski definition) is 1. The standard InChI is InChI=1S/C16H19F3N4OS/c1-22(14-21-20-13(25-14)16(17,18)19)10-15(24)7-8-23(11-15)9-12-5-3-2-4-6-12/h2-6,24H,7-11H2,1H3. The summed E-state index contributed by atoms with van der Waals surface area (Å²) in [6.07, 6.45) is -3.93. The number of alkyl halides is 3. The van der Waals surface area contributed by atoms with E-state index in [4.69, 9.17) is 0 Å². The first-order valence-corrected chi connectivity index (χ1v) is 8.67. The fourth-order valence-corrected chi connectivity index (χ4v) is 3.71. The summed E-state index contributed by atoms with van der Waals surface area (Å²) in [6, 6.07) is 9.96. The Hall–Kier alpha value is -1.71. The molecule has 0 amide bonds. The zero-order chi connectivity index (χ0) is 18.1. The highest BCUT2D eigenvalue weighted by molar-refractivity contribution is 7.15. The Morgan fingerprint density at radius 3 is 2.64 bits per heavy atom. The second-order valence-corrected chi connectivity index (χ2v) is 7.37. The quantitative estimate of drug-likeness (QED) is 0.875. The van der Waals surface area contributed by atoms with E-state index in [2.05, 4.69) is 15.1 Å². The van der Waals surface area contributed by atoms with Crippen LogP contribution in [0.3, 0.4) is 0 Å². The number of aliphatic hydroxyl groups is 1. The minimum atomic E-state index is -4.49. The van der Waals surface area contributed by atoms with Crippen molar-refractivity contribution >= 4 is 16.5 Å². The molecule has 1 aliphatic heterocycles. The van der Waals surface area contributed by atoms with Crippen LogP contribution in [0.5, 0.6) is 0 Å². The van der Waals surface area contributed by atoms with Crippen molar-refractivity contribution in [3.05, 3.63) is 40.9 Å². The molecule has 1 aromatic carbocycles. The zero-order valence-corrected chi connectivity index (χ0v) is 14.5. The van der Waals surface area contributed by atoms with Gasteiger partial charge in [-0.2, -0.15) is 13.2 Å². The molecule has 2 heterocycles. The molecule has 1 saturated heterocycles. The Labute approximate surface area is 147 Å². The predicted molar refractivity (Wildman–Crippen MR) is 89.5 cm³/mol. The number of β-amino-alcohol motifs (C(OH)–C–C–N with tert-alkyl or cyclic N) is 1. The van der Waals surface area contributed by atoms with Crippen LogP contribution < -0.4 is 4.90 Å². The minimum Gasteiger partial charge on any atom is -0.387 e. The number of anilines is 1. The number of likely N-dealkylation sites (tertiary alicyclic amines) is 1. The van der Waals surface area contributed by atoms with E-state index in [1.807, 2.05) is 30.3 Å². The lowest BCUT2D eigenvalue weighted by Crippen LogP contribution is -2.43. The highest BCUT2D eigenvalue weighted by atomic mass is 32.1. The summed E-state index contributed by atoms with van der Waals surface area (Å²) in [5.41, 5.74) is 0.187. The fourth-order valence-electron chi connectivity index (χ4n) is 3.04. The van der Waals surface area contributed by atoms with Crippen LogP contribution in [0.25, 0.3) is 0 Å². The molecule has 1 atom stereocenters. The number of hydrogen-bond acceptors (Lipinski definition) is 6. The van der Waals surface area contributed by atoms with Gasteiger partial charge in [0.05, 0.1) is 5.60 Å². The monoisotopic (exact) mass is 372 g/mol. The van der Waals surface area contributed by atoms with Gasteiger partial charge in [0.1, 0.15) is 0 Å². The van der Waals surface area contributed by atoms with Gasteiger partial charge in [-0.15, -0.1) is 10.2 Å². The molecular formula is C16H19F3N4OS. The average Bonchev–Trinajstić information content (AvgIpc) is 3.15. The molecule has 5 nitrogen and oxygen atoms in total. The molecule has 0 spiro atoms. The molecule has 0 bridgehead atoms. The lowest BCUT2D eigenvalue weighted by molar-refractivity contribution is -0.138. The largest absolute Gasteiger partial charge is 0.445 e. The summed E-state index contributed by atoms with van der Waals surface area (Å²) in [4.78, 5) is 3.68. The molecule has 0 aliphatic carbocycles. The summed E-state index contributed by atoms with van der Waals surface area (Å²) in [7, 11) is 1.62. The third-order valence-electron chi connectivity index (χ3n) is 4.18. The van der Waals surface area contributed by atoms with Crippen molar-refractivity contribution in [1.29, 1.82) is 0 Å². The van der Waals surface area contributed by atoms with Gasteiger partial charge in [-0.05, 0) is 12.0 Å². The van der Waals surface area contributed by atoms with Crippen molar-refractivity contribution in [3.63, 3.8) is 0 Å². The van der Waals surface area contributed by atoms with Crippen molar-refractivity contribution in [2.75, 3.05) is 31.6 Å². The van der Waals surface area contributed by atoms with Crippen molar-refractivity contribution in [2.45, 2.75) is 24.7 Å². The van der Waals surface area contributed by atoms with E-state index in [0.717, 1.165) is 13.1 Å². The van der Waals surface area contributed by atoms with Gasteiger partial charge in [-0.3, -0.25) is 4.90 Å². The number of halogens is 3. The van der Waals surface area contributed by atoms with E-state index in [1.54, 1.807) is 11.9 Å². The Kier molecular flexibility index (Phi) is 4.99. The Morgan fingerprint density at radius 2 is 2.00 bits per heavy atom. The maximum atomic E-state index is 12.6. The maximum Gasteiger partial charge on any atom is 0.445 e. The summed E-state index contributed by atoms with van der Waals surface area (Å²) in [5, 5.41) is 16.7. The number of nitrogens with zero attached hydrogens (tertiary/aromatic N) is 4. The Morgan fingerprint density at radius 1 is 1.28 bits per heavy atom. The maximum absolute atomic E-state index is 12.6. The van der Waals surface area contributed by atoms with Crippen LogP contribution in [0, 0.1) is 0 Å². The number of benzene rings is 1. The van der Waals surface area contributed by atoms with Crippen LogP contribution in [0.15, 0.2) is 30.3 Å². The van der Waals surface area contributed by atoms with Crippen LogP contribution in [-0.2, 0) is 12.7 Å². The highest BCUT2D eigenvalue weighted by Crippen LogP contribution is 2.35. The molecule has 1 aliphatic rings. The molecule has 3 rings (SSSR count). The minimum absolute atomic E-state index is 0.155. The third kappa shape index (κ3) is 4.47. The van der Waals surface area contributed by atoms with Crippen molar-refractivity contribution in [1.82, 2.24) is 15.1 Å². The van der Waals surface area contributed by atoms with Crippen LogP contribution in [0.2, 0.25) is 0 Å². The van der Waals surface area contributed by atoms with Gasteiger partial charge < -0.3 is 10.0 Å². The SMILES string of the molecule is CN(CC1(O)CCN(Cc2ccccc2)C1)c1nnc(C(F)(F)F)s1. The summed E-state index contributed by atoms with van der Waals surface area (Å²) >= 11 is 0.487. The molecule has 2 aromatic rings. The molecule has 25 heavy (non-hydrogen) atoms. The first-order chi connectivity index (χ1) is 11.8. The first-order valence-electron chi connectivity index (χ1n) is 7.86. The molecule has 1 unspecified atom stereocenters. The zero-order valence-electron chi connectivity index (χ0n) is 13.7. The molecule has 136 valence electrons. The number of aromatic nitrogens is 2. The van der Waals surface area contributed by atoms with Gasteiger partial charge in [0.2, 0.25) is 10.1 Å². The lowest BCUT2D eigenvalue weighted by Gasteiger charge is -2.28. The van der Waals surface area contributed by atoms with Crippen molar-refractivity contribution < 1.29 is 18.3 Å². The molecule has 1 fully saturated rings. The number of rotatable bonds is 5. The smallest absolute Gasteiger partial charge is 0.387 e. The normalized spacial score (nSPS) is 21.6. The van der Waals surface area contributed by atoms with E-state index in [1.165, 1.54) is 5.56 Å². The van der Waals surface area contributed by atoms with Gasteiger partial charge >= 0.3 is 6.18 Å². The van der Waals surface area contributed by atoms with Crippen molar-refractivity contribution in [2.24, 2.45) is 0 Å². The predicted octanol–water partition coefficient (Wildman–Crippen LogP) is 2.63. The molecular weight excluding hydrogens is 353 g/mol. The van der Waals surface area contributed by atoms with Crippen LogP contribution in [0.1, 0.15) is 17.0 Å². The molecule has 0 saturated carbocycles. The summed E-state index contributed by atoms with van der Waals surface area (Å²) < 4.78 is 37.9. The number of likely N-dealkylation sites (N-methyl/N-ethyl adjacent to an activating group) is 1.